The lowest BCUT2D eigenvalue weighted by molar-refractivity contribution is -0.140. The maximum atomic E-state index is 14.0. The number of nitriles is 1. The maximum absolute atomic E-state index is 14.0. The number of aromatic nitrogens is 3. The lowest BCUT2D eigenvalue weighted by atomic mass is 10.0. The standard InChI is InChI=1S/C22H24F3N5O5S/c1-34-11-13-10-30(29-28-13)14-3-4-19(17(7-14)22(23,24)25)36(32,33)15-8-16(18(9-15)35-2)20(31)27-21(12-26)5-6-21/h3-4,7,10,15-16,18H,5-6,8-9,11H2,1-2H3,(H,27,31)/t15-,16?,18-/m1/s1. The second kappa shape index (κ2) is 9.45. The Labute approximate surface area is 205 Å². The second-order valence-corrected chi connectivity index (χ2v) is 11.2. The molecule has 0 radical (unpaired) electrons. The molecule has 3 atom stereocenters. The molecule has 2 saturated carbocycles. The van der Waals surface area contributed by atoms with E-state index in [0.29, 0.717) is 24.6 Å². The van der Waals surface area contributed by atoms with Gasteiger partial charge >= 0.3 is 6.18 Å². The minimum absolute atomic E-state index is 0.0270. The Morgan fingerprint density at radius 3 is 2.61 bits per heavy atom. The van der Waals surface area contributed by atoms with Crippen molar-refractivity contribution in [1.29, 1.82) is 5.26 Å². The Balaban J connectivity index is 1.64. The van der Waals surface area contributed by atoms with Gasteiger partial charge in [-0.15, -0.1) is 5.10 Å². The first-order valence-corrected chi connectivity index (χ1v) is 12.6. The zero-order valence-corrected chi connectivity index (χ0v) is 20.3. The van der Waals surface area contributed by atoms with E-state index in [2.05, 4.69) is 15.6 Å². The average molecular weight is 528 g/mol. The maximum Gasteiger partial charge on any atom is 0.417 e. The normalized spacial score (nSPS) is 23.3. The quantitative estimate of drug-likeness (QED) is 0.552. The third-order valence-electron chi connectivity index (χ3n) is 6.54. The van der Waals surface area contributed by atoms with Crippen LogP contribution in [-0.4, -0.2) is 60.4 Å². The lowest BCUT2D eigenvalue weighted by Gasteiger charge is -2.19. The molecule has 2 aliphatic carbocycles. The smallest absolute Gasteiger partial charge is 0.381 e. The zero-order chi connectivity index (χ0) is 26.3. The third-order valence-corrected chi connectivity index (χ3v) is 8.77. The van der Waals surface area contributed by atoms with Gasteiger partial charge in [-0.3, -0.25) is 4.79 Å². The number of nitrogens with zero attached hydrogens (tertiary/aromatic N) is 4. The molecule has 1 unspecified atom stereocenters. The van der Waals surface area contributed by atoms with Crippen molar-refractivity contribution < 1.29 is 35.9 Å². The molecule has 0 aliphatic heterocycles. The summed E-state index contributed by atoms with van der Waals surface area (Å²) < 4.78 is 80.3. The van der Waals surface area contributed by atoms with Gasteiger partial charge < -0.3 is 14.8 Å². The van der Waals surface area contributed by atoms with E-state index >= 15 is 0 Å². The van der Waals surface area contributed by atoms with Crippen LogP contribution in [0.5, 0.6) is 0 Å². The molecule has 36 heavy (non-hydrogen) atoms. The number of sulfone groups is 1. The minimum Gasteiger partial charge on any atom is -0.381 e. The van der Waals surface area contributed by atoms with Gasteiger partial charge in [-0.05, 0) is 43.9 Å². The van der Waals surface area contributed by atoms with E-state index < -0.39 is 55.2 Å². The predicted molar refractivity (Wildman–Crippen MR) is 117 cm³/mol. The Kier molecular flexibility index (Phi) is 6.84. The highest BCUT2D eigenvalue weighted by molar-refractivity contribution is 7.92. The Morgan fingerprint density at radius 1 is 1.31 bits per heavy atom. The largest absolute Gasteiger partial charge is 0.417 e. The summed E-state index contributed by atoms with van der Waals surface area (Å²) in [4.78, 5) is 11.9. The fourth-order valence-electron chi connectivity index (χ4n) is 4.41. The number of nitrogens with one attached hydrogen (secondary N) is 1. The van der Waals surface area contributed by atoms with E-state index in [0.717, 1.165) is 10.7 Å². The van der Waals surface area contributed by atoms with Gasteiger partial charge in [0, 0.05) is 14.2 Å². The molecule has 2 aromatic rings. The van der Waals surface area contributed by atoms with Crippen LogP contribution in [-0.2, 0) is 36.9 Å². The Hall–Kier alpha value is -3.02. The van der Waals surface area contributed by atoms with Crippen LogP contribution in [0.3, 0.4) is 0 Å². The molecule has 4 rings (SSSR count). The van der Waals surface area contributed by atoms with Crippen LogP contribution >= 0.6 is 0 Å². The second-order valence-electron chi connectivity index (χ2n) is 8.97. The van der Waals surface area contributed by atoms with Crippen molar-refractivity contribution in [2.75, 3.05) is 14.2 Å². The zero-order valence-electron chi connectivity index (χ0n) is 19.4. The lowest BCUT2D eigenvalue weighted by Crippen LogP contribution is -2.42. The molecule has 0 saturated heterocycles. The molecule has 1 N–H and O–H groups in total. The van der Waals surface area contributed by atoms with E-state index in [1.165, 1.54) is 26.5 Å². The molecular weight excluding hydrogens is 503 g/mol. The fraction of sp³-hybridized carbons (Fsp3) is 0.545. The molecule has 10 nitrogen and oxygen atoms in total. The molecule has 0 bridgehead atoms. The molecule has 0 spiro atoms. The molecule has 1 aromatic carbocycles. The number of benzene rings is 1. The van der Waals surface area contributed by atoms with Crippen LogP contribution in [0.15, 0.2) is 29.3 Å². The van der Waals surface area contributed by atoms with Crippen molar-refractivity contribution in [3.63, 3.8) is 0 Å². The summed E-state index contributed by atoms with van der Waals surface area (Å²) in [7, 11) is -1.77. The van der Waals surface area contributed by atoms with Crippen molar-refractivity contribution in [2.45, 2.75) is 60.3 Å². The number of carbonyl (C=O) groups excluding carboxylic acids is 1. The first-order valence-electron chi connectivity index (χ1n) is 11.1. The number of amides is 1. The highest BCUT2D eigenvalue weighted by Crippen LogP contribution is 2.42. The van der Waals surface area contributed by atoms with Crippen LogP contribution in [0, 0.1) is 17.2 Å². The van der Waals surface area contributed by atoms with Crippen LogP contribution in [0.2, 0.25) is 0 Å². The molecular formula is C22H24F3N5O5S. The van der Waals surface area contributed by atoms with Crippen molar-refractivity contribution in [3.8, 4) is 11.8 Å². The molecule has 1 aromatic heterocycles. The summed E-state index contributed by atoms with van der Waals surface area (Å²) in [5, 5.41) is 18.2. The number of halogens is 3. The molecule has 1 heterocycles. The number of methoxy groups -OCH3 is 2. The first kappa shape index (κ1) is 26.1. The number of carbonyl (C=O) groups is 1. The molecule has 2 fully saturated rings. The van der Waals surface area contributed by atoms with Crippen molar-refractivity contribution >= 4 is 15.7 Å². The summed E-state index contributed by atoms with van der Waals surface area (Å²) in [6, 6.07) is 4.84. The highest BCUT2D eigenvalue weighted by Gasteiger charge is 2.51. The summed E-state index contributed by atoms with van der Waals surface area (Å²) in [5.74, 6) is -1.45. The number of rotatable bonds is 8. The first-order chi connectivity index (χ1) is 16.9. The van der Waals surface area contributed by atoms with E-state index in [9.17, 15) is 31.6 Å². The number of hydrogen-bond donors (Lipinski definition) is 1. The van der Waals surface area contributed by atoms with Gasteiger partial charge in [-0.25, -0.2) is 13.1 Å². The van der Waals surface area contributed by atoms with Gasteiger partial charge in [0.25, 0.3) is 0 Å². The topological polar surface area (TPSA) is 136 Å². The van der Waals surface area contributed by atoms with Gasteiger partial charge in [-0.2, -0.15) is 18.4 Å². The van der Waals surface area contributed by atoms with Gasteiger partial charge in [-0.1, -0.05) is 5.21 Å². The number of hydrogen-bond acceptors (Lipinski definition) is 8. The molecule has 194 valence electrons. The van der Waals surface area contributed by atoms with E-state index in [1.54, 1.807) is 0 Å². The van der Waals surface area contributed by atoms with Gasteiger partial charge in [0.1, 0.15) is 11.2 Å². The van der Waals surface area contributed by atoms with Gasteiger partial charge in [0.15, 0.2) is 9.84 Å². The predicted octanol–water partition coefficient (Wildman–Crippen LogP) is 2.17. The summed E-state index contributed by atoms with van der Waals surface area (Å²) >= 11 is 0. The summed E-state index contributed by atoms with van der Waals surface area (Å²) in [6.45, 7) is 0.102. The summed E-state index contributed by atoms with van der Waals surface area (Å²) in [5.41, 5.74) is -1.95. The van der Waals surface area contributed by atoms with Gasteiger partial charge in [0.05, 0.1) is 52.3 Å². The Morgan fingerprint density at radius 2 is 2.03 bits per heavy atom. The monoisotopic (exact) mass is 527 g/mol. The molecule has 1 amide bonds. The number of ether oxygens (including phenoxy) is 2. The third kappa shape index (κ3) is 4.95. The van der Waals surface area contributed by atoms with E-state index in [1.807, 2.05) is 6.07 Å². The summed E-state index contributed by atoms with van der Waals surface area (Å²) in [6.07, 6.45) is -3.82. The molecule has 2 aliphatic rings. The van der Waals surface area contributed by atoms with Crippen molar-refractivity contribution in [3.05, 3.63) is 35.7 Å². The number of alkyl halides is 3. The van der Waals surface area contributed by atoms with Crippen LogP contribution in [0.1, 0.15) is 36.9 Å². The average Bonchev–Trinajstić information content (AvgIpc) is 3.23. The van der Waals surface area contributed by atoms with E-state index in [4.69, 9.17) is 9.47 Å². The highest BCUT2D eigenvalue weighted by atomic mass is 32.2. The van der Waals surface area contributed by atoms with Crippen molar-refractivity contribution in [2.24, 2.45) is 5.92 Å². The van der Waals surface area contributed by atoms with E-state index in [-0.39, 0.29) is 25.1 Å². The Bertz CT molecular complexity index is 1300. The van der Waals surface area contributed by atoms with Crippen LogP contribution in [0.25, 0.3) is 5.69 Å². The minimum atomic E-state index is -4.98. The van der Waals surface area contributed by atoms with Crippen molar-refractivity contribution in [1.82, 2.24) is 20.3 Å². The molecule has 14 heteroatoms. The van der Waals surface area contributed by atoms with Gasteiger partial charge in [0.2, 0.25) is 5.91 Å². The SMILES string of the molecule is COCc1cn(-c2ccc(S(=O)(=O)[C@@H]3CC(C(=O)NC4(C#N)CC4)[C@H](OC)C3)c(C(F)(F)F)c2)nn1. The fourth-order valence-corrected chi connectivity index (χ4v) is 6.41. The van der Waals surface area contributed by atoms with Crippen LogP contribution < -0.4 is 5.32 Å². The van der Waals surface area contributed by atoms with Crippen LogP contribution in [0.4, 0.5) is 13.2 Å².